The van der Waals surface area contributed by atoms with E-state index in [1.54, 1.807) is 30.5 Å². The lowest BCUT2D eigenvalue weighted by atomic mass is 10.1. The molecule has 2 aromatic heterocycles. The number of imidazole rings is 1. The minimum Gasteiger partial charge on any atom is -0.478 e. The van der Waals surface area contributed by atoms with Crippen molar-refractivity contribution in [3.8, 4) is 11.4 Å². The van der Waals surface area contributed by atoms with Gasteiger partial charge < -0.3 is 9.67 Å². The lowest BCUT2D eigenvalue weighted by Crippen LogP contribution is -2.02. The molecule has 0 bridgehead atoms. The summed E-state index contributed by atoms with van der Waals surface area (Å²) in [6.45, 7) is 0. The van der Waals surface area contributed by atoms with E-state index in [4.69, 9.17) is 0 Å². The Morgan fingerprint density at radius 3 is 2.74 bits per heavy atom. The van der Waals surface area contributed by atoms with Gasteiger partial charge in [-0.05, 0) is 18.2 Å². The van der Waals surface area contributed by atoms with Crippen LogP contribution in [-0.2, 0) is 7.05 Å². The Hall–Kier alpha value is -2.69. The van der Waals surface area contributed by atoms with Crippen molar-refractivity contribution in [1.82, 2.24) is 14.5 Å². The van der Waals surface area contributed by atoms with E-state index in [9.17, 15) is 9.90 Å². The molecule has 5 heteroatoms. The summed E-state index contributed by atoms with van der Waals surface area (Å²) in [5.74, 6) is -0.359. The van der Waals surface area contributed by atoms with Crippen LogP contribution in [0, 0.1) is 0 Å². The first-order valence-electron chi connectivity index (χ1n) is 5.78. The number of fused-ring (bicyclic) bond motifs is 1. The minimum absolute atomic E-state index is 0.237. The van der Waals surface area contributed by atoms with Gasteiger partial charge >= 0.3 is 5.97 Å². The molecule has 0 aliphatic heterocycles. The fourth-order valence-electron chi connectivity index (χ4n) is 2.13. The first kappa shape index (κ1) is 11.4. The smallest absolute Gasteiger partial charge is 0.336 e. The standard InChI is InChI=1S/C14H11N3O2/c1-17-11-7-4-8-15-12(11)16-13(17)9-5-2-3-6-10(9)14(18)19/h2-8H,1H3,(H,18,19). The molecule has 1 N–H and O–H groups in total. The van der Waals surface area contributed by atoms with Gasteiger partial charge in [0.15, 0.2) is 5.65 Å². The van der Waals surface area contributed by atoms with E-state index in [1.165, 1.54) is 0 Å². The number of pyridine rings is 1. The molecule has 0 saturated carbocycles. The van der Waals surface area contributed by atoms with E-state index >= 15 is 0 Å². The summed E-state index contributed by atoms with van der Waals surface area (Å²) in [6.07, 6.45) is 1.67. The maximum atomic E-state index is 11.3. The van der Waals surface area contributed by atoms with Gasteiger partial charge in [0.1, 0.15) is 5.82 Å². The van der Waals surface area contributed by atoms with E-state index in [2.05, 4.69) is 9.97 Å². The highest BCUT2D eigenvalue weighted by molar-refractivity contribution is 5.95. The Kier molecular flexibility index (Phi) is 2.52. The molecule has 94 valence electrons. The first-order chi connectivity index (χ1) is 9.18. The molecular formula is C14H11N3O2. The third-order valence-electron chi connectivity index (χ3n) is 3.06. The van der Waals surface area contributed by atoms with Gasteiger partial charge in [-0.3, -0.25) is 0 Å². The average molecular weight is 253 g/mol. The van der Waals surface area contributed by atoms with Crippen LogP contribution in [0.15, 0.2) is 42.6 Å². The summed E-state index contributed by atoms with van der Waals surface area (Å²) < 4.78 is 1.85. The second kappa shape index (κ2) is 4.20. The number of rotatable bonds is 2. The molecule has 3 rings (SSSR count). The number of carboxylic acid groups (broad SMARTS) is 1. The lowest BCUT2D eigenvalue weighted by Gasteiger charge is -2.05. The van der Waals surface area contributed by atoms with Crippen molar-refractivity contribution >= 4 is 17.1 Å². The quantitative estimate of drug-likeness (QED) is 0.761. The molecule has 19 heavy (non-hydrogen) atoms. The van der Waals surface area contributed by atoms with E-state index in [0.29, 0.717) is 17.0 Å². The second-order valence-corrected chi connectivity index (χ2v) is 4.19. The van der Waals surface area contributed by atoms with Gasteiger partial charge in [-0.1, -0.05) is 18.2 Å². The number of aryl methyl sites for hydroxylation is 1. The molecule has 0 fully saturated rings. The monoisotopic (exact) mass is 253 g/mol. The highest BCUT2D eigenvalue weighted by Gasteiger charge is 2.16. The van der Waals surface area contributed by atoms with Crippen molar-refractivity contribution < 1.29 is 9.90 Å². The summed E-state index contributed by atoms with van der Waals surface area (Å²) in [5, 5.41) is 9.24. The molecule has 0 unspecified atom stereocenters. The number of aromatic nitrogens is 3. The number of carbonyl (C=O) groups is 1. The molecule has 3 aromatic rings. The maximum absolute atomic E-state index is 11.3. The summed E-state index contributed by atoms with van der Waals surface area (Å²) in [7, 11) is 1.85. The zero-order chi connectivity index (χ0) is 13.4. The largest absolute Gasteiger partial charge is 0.478 e. The SMILES string of the molecule is Cn1c(-c2ccccc2C(=O)O)nc2ncccc21. The van der Waals surface area contributed by atoms with E-state index < -0.39 is 5.97 Å². The van der Waals surface area contributed by atoms with Gasteiger partial charge in [-0.25, -0.2) is 14.8 Å². The third-order valence-corrected chi connectivity index (χ3v) is 3.06. The number of nitrogens with zero attached hydrogens (tertiary/aromatic N) is 3. The topological polar surface area (TPSA) is 68.0 Å². The van der Waals surface area contributed by atoms with Gasteiger partial charge in [0.25, 0.3) is 0 Å². The Morgan fingerprint density at radius 1 is 1.21 bits per heavy atom. The normalized spacial score (nSPS) is 10.8. The van der Waals surface area contributed by atoms with Crippen LogP contribution in [0.4, 0.5) is 0 Å². The Bertz CT molecular complexity index is 777. The van der Waals surface area contributed by atoms with Crippen LogP contribution < -0.4 is 0 Å². The van der Waals surface area contributed by atoms with Crippen molar-refractivity contribution in [2.45, 2.75) is 0 Å². The second-order valence-electron chi connectivity index (χ2n) is 4.19. The maximum Gasteiger partial charge on any atom is 0.336 e. The van der Waals surface area contributed by atoms with Gasteiger partial charge in [-0.15, -0.1) is 0 Å². The number of hydrogen-bond donors (Lipinski definition) is 1. The van der Waals surface area contributed by atoms with Gasteiger partial charge in [0.05, 0.1) is 11.1 Å². The van der Waals surface area contributed by atoms with Gasteiger partial charge in [0, 0.05) is 18.8 Å². The first-order valence-corrected chi connectivity index (χ1v) is 5.78. The molecule has 2 heterocycles. The zero-order valence-corrected chi connectivity index (χ0v) is 10.2. The molecule has 0 radical (unpaired) electrons. The fraction of sp³-hybridized carbons (Fsp3) is 0.0714. The molecule has 0 aliphatic carbocycles. The number of hydrogen-bond acceptors (Lipinski definition) is 3. The molecule has 1 aromatic carbocycles. The summed E-state index contributed by atoms with van der Waals surface area (Å²) in [4.78, 5) is 19.9. The van der Waals surface area contributed by atoms with Gasteiger partial charge in [0.2, 0.25) is 0 Å². The molecule has 0 amide bonds. The van der Waals surface area contributed by atoms with Crippen molar-refractivity contribution in [2.24, 2.45) is 7.05 Å². The van der Waals surface area contributed by atoms with Crippen LogP contribution >= 0.6 is 0 Å². The van der Waals surface area contributed by atoms with E-state index in [0.717, 1.165) is 5.52 Å². The van der Waals surface area contributed by atoms with Crippen molar-refractivity contribution in [1.29, 1.82) is 0 Å². The van der Waals surface area contributed by atoms with Crippen molar-refractivity contribution in [3.63, 3.8) is 0 Å². The lowest BCUT2D eigenvalue weighted by molar-refractivity contribution is 0.0697. The molecule has 5 nitrogen and oxygen atoms in total. The van der Waals surface area contributed by atoms with E-state index in [-0.39, 0.29) is 5.56 Å². The van der Waals surface area contributed by atoms with Crippen LogP contribution in [0.2, 0.25) is 0 Å². The third kappa shape index (κ3) is 1.76. The molecule has 0 saturated heterocycles. The predicted octanol–water partition coefficient (Wildman–Crippen LogP) is 2.33. The Morgan fingerprint density at radius 2 is 2.00 bits per heavy atom. The summed E-state index contributed by atoms with van der Waals surface area (Å²) in [6, 6.07) is 10.6. The average Bonchev–Trinajstić information content (AvgIpc) is 2.76. The number of carboxylic acids is 1. The summed E-state index contributed by atoms with van der Waals surface area (Å²) in [5.41, 5.74) is 2.31. The van der Waals surface area contributed by atoms with Crippen LogP contribution in [-0.4, -0.2) is 25.6 Å². The van der Waals surface area contributed by atoms with Crippen LogP contribution in [0.5, 0.6) is 0 Å². The van der Waals surface area contributed by atoms with Crippen LogP contribution in [0.1, 0.15) is 10.4 Å². The minimum atomic E-state index is -0.962. The van der Waals surface area contributed by atoms with Crippen molar-refractivity contribution in [2.75, 3.05) is 0 Å². The summed E-state index contributed by atoms with van der Waals surface area (Å²) >= 11 is 0. The van der Waals surface area contributed by atoms with Gasteiger partial charge in [-0.2, -0.15) is 0 Å². The highest BCUT2D eigenvalue weighted by Crippen LogP contribution is 2.25. The number of benzene rings is 1. The molecular weight excluding hydrogens is 242 g/mol. The van der Waals surface area contributed by atoms with E-state index in [1.807, 2.05) is 23.7 Å². The highest BCUT2D eigenvalue weighted by atomic mass is 16.4. The van der Waals surface area contributed by atoms with Crippen LogP contribution in [0.25, 0.3) is 22.6 Å². The zero-order valence-electron chi connectivity index (χ0n) is 10.2. The molecule has 0 spiro atoms. The molecule has 0 atom stereocenters. The number of aromatic carboxylic acids is 1. The fourth-order valence-corrected chi connectivity index (χ4v) is 2.13. The van der Waals surface area contributed by atoms with Crippen molar-refractivity contribution in [3.05, 3.63) is 48.2 Å². The Labute approximate surface area is 109 Å². The van der Waals surface area contributed by atoms with Crippen LogP contribution in [0.3, 0.4) is 0 Å². The predicted molar refractivity (Wildman–Crippen MR) is 70.9 cm³/mol. The Balaban J connectivity index is 2.31. The molecule has 0 aliphatic rings.